The summed E-state index contributed by atoms with van der Waals surface area (Å²) in [6.45, 7) is 7.86. The van der Waals surface area contributed by atoms with Crippen LogP contribution in [0.5, 0.6) is 0 Å². The first-order chi connectivity index (χ1) is 12.6. The van der Waals surface area contributed by atoms with Gasteiger partial charge in [0.15, 0.2) is 5.96 Å². The predicted octanol–water partition coefficient (Wildman–Crippen LogP) is 3.34. The fraction of sp³-hybridized carbons (Fsp3) is 0.750. The van der Waals surface area contributed by atoms with E-state index in [4.69, 9.17) is 9.15 Å². The molecule has 0 aromatic carbocycles. The van der Waals surface area contributed by atoms with Gasteiger partial charge in [-0.05, 0) is 31.4 Å². The summed E-state index contributed by atoms with van der Waals surface area (Å²) in [5.41, 5.74) is -0.713. The Kier molecular flexibility index (Phi) is 12.0. The lowest BCUT2D eigenvalue weighted by atomic mass is 9.93. The molecule has 1 aliphatic heterocycles. The highest BCUT2D eigenvalue weighted by Gasteiger charge is 2.24. The van der Waals surface area contributed by atoms with Gasteiger partial charge >= 0.3 is 0 Å². The highest BCUT2D eigenvalue weighted by Crippen LogP contribution is 2.20. The van der Waals surface area contributed by atoms with E-state index >= 15 is 0 Å². The molecule has 0 bridgehead atoms. The van der Waals surface area contributed by atoms with Crippen molar-refractivity contribution in [2.24, 2.45) is 10.9 Å². The first-order valence-corrected chi connectivity index (χ1v) is 10.00. The van der Waals surface area contributed by atoms with E-state index in [-0.39, 0.29) is 24.0 Å². The zero-order valence-corrected chi connectivity index (χ0v) is 19.0. The van der Waals surface area contributed by atoms with Gasteiger partial charge in [0.25, 0.3) is 0 Å². The summed E-state index contributed by atoms with van der Waals surface area (Å²) < 4.78 is 10.8. The predicted molar refractivity (Wildman–Crippen MR) is 120 cm³/mol. The molecule has 2 rings (SSSR count). The van der Waals surface area contributed by atoms with Crippen molar-refractivity contribution in [1.82, 2.24) is 10.6 Å². The van der Waals surface area contributed by atoms with Gasteiger partial charge in [0.1, 0.15) is 5.76 Å². The van der Waals surface area contributed by atoms with Crippen molar-refractivity contribution in [3.05, 3.63) is 24.2 Å². The fourth-order valence-corrected chi connectivity index (χ4v) is 3.36. The van der Waals surface area contributed by atoms with Crippen LogP contribution in [0.25, 0.3) is 0 Å². The Balaban J connectivity index is 0.00000364. The van der Waals surface area contributed by atoms with Crippen molar-refractivity contribution in [1.29, 1.82) is 0 Å². The first kappa shape index (κ1) is 24.2. The van der Waals surface area contributed by atoms with E-state index in [1.165, 1.54) is 0 Å². The van der Waals surface area contributed by atoms with Crippen LogP contribution in [-0.2, 0) is 11.2 Å². The average Bonchev–Trinajstić information content (AvgIpc) is 3.31. The van der Waals surface area contributed by atoms with Crippen molar-refractivity contribution >= 4 is 29.9 Å². The highest BCUT2D eigenvalue weighted by atomic mass is 127. The maximum absolute atomic E-state index is 10.8. The third-order valence-electron chi connectivity index (χ3n) is 4.79. The summed E-state index contributed by atoms with van der Waals surface area (Å²) in [4.78, 5) is 4.69. The SMILES string of the molecule is CCCC(O)(CCC)CN=C(NCCc1ccco1)NCC1CCOC1.I. The average molecular weight is 493 g/mol. The number of hydrogen-bond acceptors (Lipinski definition) is 4. The second kappa shape index (κ2) is 13.4. The molecule has 0 amide bonds. The van der Waals surface area contributed by atoms with Gasteiger partial charge in [-0.25, -0.2) is 0 Å². The second-order valence-corrected chi connectivity index (χ2v) is 7.26. The molecule has 7 heteroatoms. The smallest absolute Gasteiger partial charge is 0.191 e. The molecular weight excluding hydrogens is 457 g/mol. The Labute approximate surface area is 180 Å². The number of guanidine groups is 1. The summed E-state index contributed by atoms with van der Waals surface area (Å²) in [6.07, 6.45) is 7.05. The highest BCUT2D eigenvalue weighted by molar-refractivity contribution is 14.0. The van der Waals surface area contributed by atoms with Gasteiger partial charge in [-0.15, -0.1) is 24.0 Å². The van der Waals surface area contributed by atoms with Gasteiger partial charge in [-0.1, -0.05) is 26.7 Å². The molecular formula is C20H36IN3O3. The zero-order chi connectivity index (χ0) is 18.7. The van der Waals surface area contributed by atoms with Gasteiger partial charge in [0, 0.05) is 32.0 Å². The van der Waals surface area contributed by atoms with E-state index in [0.29, 0.717) is 12.5 Å². The van der Waals surface area contributed by atoms with E-state index in [2.05, 4.69) is 29.5 Å². The third kappa shape index (κ3) is 9.30. The second-order valence-electron chi connectivity index (χ2n) is 7.26. The van der Waals surface area contributed by atoms with Crippen LogP contribution in [0.4, 0.5) is 0 Å². The first-order valence-electron chi connectivity index (χ1n) is 10.00. The number of aliphatic imine (C=N–C) groups is 1. The van der Waals surface area contributed by atoms with Crippen LogP contribution in [0, 0.1) is 5.92 Å². The molecule has 0 aliphatic carbocycles. The number of furan rings is 1. The van der Waals surface area contributed by atoms with Gasteiger partial charge in [0.05, 0.1) is 25.0 Å². The molecule has 1 saturated heterocycles. The number of halogens is 1. The molecule has 27 heavy (non-hydrogen) atoms. The molecule has 6 nitrogen and oxygen atoms in total. The van der Waals surface area contributed by atoms with Crippen molar-refractivity contribution in [3.63, 3.8) is 0 Å². The largest absolute Gasteiger partial charge is 0.469 e. The summed E-state index contributed by atoms with van der Waals surface area (Å²) in [5.74, 6) is 2.24. The summed E-state index contributed by atoms with van der Waals surface area (Å²) in [7, 11) is 0. The molecule has 1 aromatic heterocycles. The quantitative estimate of drug-likeness (QED) is 0.251. The van der Waals surface area contributed by atoms with Crippen LogP contribution in [-0.4, -0.2) is 49.5 Å². The number of nitrogens with zero attached hydrogens (tertiary/aromatic N) is 1. The zero-order valence-electron chi connectivity index (χ0n) is 16.7. The summed E-state index contributed by atoms with van der Waals surface area (Å²) >= 11 is 0. The van der Waals surface area contributed by atoms with Crippen LogP contribution in [0.1, 0.15) is 51.7 Å². The van der Waals surface area contributed by atoms with Crippen LogP contribution >= 0.6 is 24.0 Å². The lowest BCUT2D eigenvalue weighted by Crippen LogP contribution is -2.42. The molecule has 1 fully saturated rings. The van der Waals surface area contributed by atoms with Gasteiger partial charge in [0.2, 0.25) is 0 Å². The van der Waals surface area contributed by atoms with Crippen molar-refractivity contribution in [2.45, 2.75) is 58.0 Å². The number of aliphatic hydroxyl groups is 1. The molecule has 156 valence electrons. The van der Waals surface area contributed by atoms with Crippen molar-refractivity contribution in [2.75, 3.05) is 32.8 Å². The van der Waals surface area contributed by atoms with E-state index in [0.717, 1.165) is 76.5 Å². The van der Waals surface area contributed by atoms with Crippen molar-refractivity contribution < 1.29 is 14.3 Å². The van der Waals surface area contributed by atoms with E-state index < -0.39 is 5.60 Å². The van der Waals surface area contributed by atoms with Crippen LogP contribution in [0.15, 0.2) is 27.8 Å². The minimum atomic E-state index is -0.713. The van der Waals surface area contributed by atoms with Crippen LogP contribution in [0.3, 0.4) is 0 Å². The molecule has 1 aromatic rings. The van der Waals surface area contributed by atoms with Crippen molar-refractivity contribution in [3.8, 4) is 0 Å². The molecule has 0 radical (unpaired) electrons. The lowest BCUT2D eigenvalue weighted by molar-refractivity contribution is 0.0306. The van der Waals surface area contributed by atoms with Crippen LogP contribution in [0.2, 0.25) is 0 Å². The minimum absolute atomic E-state index is 0. The number of ether oxygens (including phenoxy) is 1. The standard InChI is InChI=1S/C20H35N3O3.HI/c1-3-9-20(24,10-4-2)16-23-19(22-14-17-8-13-25-15-17)21-11-7-18-6-5-12-26-18;/h5-6,12,17,24H,3-4,7-11,13-16H2,1-2H3,(H2,21,22,23);1H. The molecule has 0 saturated carbocycles. The normalized spacial score (nSPS) is 17.6. The fourth-order valence-electron chi connectivity index (χ4n) is 3.36. The third-order valence-corrected chi connectivity index (χ3v) is 4.79. The number of hydrogen-bond donors (Lipinski definition) is 3. The molecule has 3 N–H and O–H groups in total. The number of nitrogens with one attached hydrogen (secondary N) is 2. The molecule has 2 heterocycles. The van der Waals surface area contributed by atoms with Gasteiger partial charge in [-0.3, -0.25) is 4.99 Å². The number of rotatable bonds is 11. The molecule has 1 atom stereocenters. The Bertz CT molecular complexity index is 511. The maximum Gasteiger partial charge on any atom is 0.191 e. The van der Waals surface area contributed by atoms with E-state index in [1.807, 2.05) is 12.1 Å². The Morgan fingerprint density at radius 1 is 1.30 bits per heavy atom. The Morgan fingerprint density at radius 2 is 2.07 bits per heavy atom. The maximum atomic E-state index is 10.8. The summed E-state index contributed by atoms with van der Waals surface area (Å²) in [5, 5.41) is 17.6. The van der Waals surface area contributed by atoms with Gasteiger partial charge < -0.3 is 24.9 Å². The Hall–Kier alpha value is -0.800. The molecule has 0 spiro atoms. The van der Waals surface area contributed by atoms with Gasteiger partial charge in [-0.2, -0.15) is 0 Å². The van der Waals surface area contributed by atoms with E-state index in [1.54, 1.807) is 6.26 Å². The molecule has 1 aliphatic rings. The monoisotopic (exact) mass is 493 g/mol. The minimum Gasteiger partial charge on any atom is -0.469 e. The topological polar surface area (TPSA) is 79.0 Å². The Morgan fingerprint density at radius 3 is 2.67 bits per heavy atom. The molecule has 1 unspecified atom stereocenters. The summed E-state index contributed by atoms with van der Waals surface area (Å²) in [6, 6.07) is 3.88. The van der Waals surface area contributed by atoms with E-state index in [9.17, 15) is 5.11 Å². The lowest BCUT2D eigenvalue weighted by Gasteiger charge is -2.26. The van der Waals surface area contributed by atoms with Crippen LogP contribution < -0.4 is 10.6 Å².